The molecule has 0 fully saturated rings. The quantitative estimate of drug-likeness (QED) is 0.420. The number of rotatable bonds is 3. The van der Waals surface area contributed by atoms with E-state index < -0.39 is 11.5 Å². The Kier molecular flexibility index (Phi) is 7.10. The lowest BCUT2D eigenvalue weighted by molar-refractivity contribution is -0.123. The molecular formula is C25H28Cl2N6O6. The number of aromatic amines is 1. The van der Waals surface area contributed by atoms with E-state index in [1.54, 1.807) is 35.5 Å². The van der Waals surface area contributed by atoms with Crippen molar-refractivity contribution in [3.05, 3.63) is 54.8 Å². The van der Waals surface area contributed by atoms with Crippen LogP contribution in [0.2, 0.25) is 10.2 Å². The number of fused-ring (bicyclic) bond motifs is 1. The minimum Gasteiger partial charge on any atom is -0.443 e. The normalized spacial score (nSPS) is 16.9. The molecular weight excluding hydrogens is 551 g/mol. The highest BCUT2D eigenvalue weighted by Crippen LogP contribution is 2.30. The zero-order valence-electron chi connectivity index (χ0n) is 21.7. The summed E-state index contributed by atoms with van der Waals surface area (Å²) in [5, 5.41) is 5.29. The molecule has 0 unspecified atom stereocenters. The lowest BCUT2D eigenvalue weighted by atomic mass is 9.95. The van der Waals surface area contributed by atoms with Gasteiger partial charge in [-0.15, -0.1) is 0 Å². The van der Waals surface area contributed by atoms with E-state index in [1.807, 2.05) is 0 Å². The van der Waals surface area contributed by atoms with Crippen LogP contribution < -0.4 is 10.9 Å². The summed E-state index contributed by atoms with van der Waals surface area (Å²) in [5.41, 5.74) is 2.27. The number of hydrogen-bond acceptors (Lipinski definition) is 7. The van der Waals surface area contributed by atoms with Crippen LogP contribution in [0.4, 0.5) is 15.3 Å². The van der Waals surface area contributed by atoms with Gasteiger partial charge in [0.25, 0.3) is 5.56 Å². The van der Waals surface area contributed by atoms with E-state index in [0.717, 1.165) is 11.1 Å². The molecule has 5 heterocycles. The highest BCUT2D eigenvalue weighted by Gasteiger charge is 2.37. The van der Waals surface area contributed by atoms with Crippen molar-refractivity contribution in [1.29, 1.82) is 0 Å². The third kappa shape index (κ3) is 5.48. The maximum atomic E-state index is 13.1. The Morgan fingerprint density at radius 1 is 1.08 bits per heavy atom. The Morgan fingerprint density at radius 2 is 1.74 bits per heavy atom. The average Bonchev–Trinajstić information content (AvgIpc) is 3.57. The number of hydrogen-bond donors (Lipinski definition) is 2. The molecule has 0 aromatic carbocycles. The number of anilines is 1. The van der Waals surface area contributed by atoms with Gasteiger partial charge in [0.2, 0.25) is 5.91 Å². The maximum Gasteiger partial charge on any atom is 0.410 e. The number of H-pyrrole nitrogens is 1. The van der Waals surface area contributed by atoms with Gasteiger partial charge in [0, 0.05) is 38.1 Å². The van der Waals surface area contributed by atoms with Crippen molar-refractivity contribution in [3.63, 3.8) is 0 Å². The Hall–Kier alpha value is -3.51. The van der Waals surface area contributed by atoms with Crippen molar-refractivity contribution in [3.8, 4) is 0 Å². The number of nitrogens with one attached hydrogen (secondary N) is 2. The third-order valence-electron chi connectivity index (χ3n) is 6.94. The molecule has 0 saturated heterocycles. The smallest absolute Gasteiger partial charge is 0.410 e. The van der Waals surface area contributed by atoms with E-state index in [4.69, 9.17) is 32.5 Å². The van der Waals surface area contributed by atoms with E-state index in [1.165, 1.54) is 6.07 Å². The van der Waals surface area contributed by atoms with Crippen LogP contribution >= 0.6 is 23.2 Å². The van der Waals surface area contributed by atoms with Crippen LogP contribution in [0.1, 0.15) is 37.8 Å². The second-order valence-electron chi connectivity index (χ2n) is 10.8. The first kappa shape index (κ1) is 27.1. The fourth-order valence-electron chi connectivity index (χ4n) is 4.70. The number of halogens is 2. The van der Waals surface area contributed by atoms with Gasteiger partial charge in [0.1, 0.15) is 17.5 Å². The summed E-state index contributed by atoms with van der Waals surface area (Å²) < 4.78 is 10.7. The molecule has 0 bridgehead atoms. The fourth-order valence-corrected chi connectivity index (χ4v) is 5.00. The number of nitrogens with zero attached hydrogens (tertiary/aromatic N) is 4. The van der Waals surface area contributed by atoms with Crippen LogP contribution in [-0.4, -0.2) is 75.6 Å². The largest absolute Gasteiger partial charge is 0.443 e. The third-order valence-corrected chi connectivity index (χ3v) is 7.62. The minimum atomic E-state index is -0.661. The molecule has 39 heavy (non-hydrogen) atoms. The Balaban J connectivity index is 1.15. The molecule has 0 spiro atoms. The first-order chi connectivity index (χ1) is 18.4. The van der Waals surface area contributed by atoms with Gasteiger partial charge in [-0.2, -0.15) is 5.16 Å². The average molecular weight is 579 g/mol. The highest BCUT2D eigenvalue weighted by molar-refractivity contribution is 6.41. The summed E-state index contributed by atoms with van der Waals surface area (Å²) in [4.78, 5) is 59.3. The number of ether oxygens (including phenoxy) is 1. The number of carbonyl (C=O) groups is 3. The Labute approximate surface area is 233 Å². The van der Waals surface area contributed by atoms with Gasteiger partial charge in [0.05, 0.1) is 22.8 Å². The van der Waals surface area contributed by atoms with Gasteiger partial charge in [-0.25, -0.2) is 14.6 Å². The molecule has 5 rings (SSSR count). The molecule has 2 aromatic heterocycles. The Bertz CT molecular complexity index is 1420. The van der Waals surface area contributed by atoms with E-state index in [9.17, 15) is 19.2 Å². The van der Waals surface area contributed by atoms with Gasteiger partial charge in [-0.05, 0) is 23.6 Å². The van der Waals surface area contributed by atoms with Gasteiger partial charge in [-0.3, -0.25) is 9.59 Å². The number of amides is 4. The molecule has 3 aliphatic heterocycles. The topological polar surface area (TPSA) is 141 Å². The van der Waals surface area contributed by atoms with Gasteiger partial charge < -0.3 is 29.3 Å². The van der Waals surface area contributed by atoms with Gasteiger partial charge in [-0.1, -0.05) is 44.0 Å². The summed E-state index contributed by atoms with van der Waals surface area (Å²) >= 11 is 12.2. The molecule has 0 atom stereocenters. The molecule has 0 aliphatic carbocycles. The standard InChI is InChI=1S/C25H28Cl2N6O6/c1-25(2,3)22(35)29-17-6-16(26)20(27)28-18(17)12-38-24(37)33-9-13-7-32(8-14(13)10-33)23(36)31-5-4-15-19(11-31)39-30-21(15)34/h6H,4-5,7-12H2,1-3H3,(H,29,35)(H,30,34). The molecule has 2 N–H and O–H groups in total. The first-order valence-electron chi connectivity index (χ1n) is 12.4. The molecule has 0 saturated carbocycles. The van der Waals surface area contributed by atoms with Crippen molar-refractivity contribution in [2.45, 2.75) is 40.3 Å². The SMILES string of the molecule is CC(C)(C)C(=O)Nc1cc(Cl)c(Cl)nc1COC(=O)N1CC2=C(C1)CN(C(=O)N1CCc3c(o[nH]c3=O)C1)C2. The fraction of sp³-hybridized carbons (Fsp3) is 0.480. The molecule has 12 nitrogen and oxygen atoms in total. The van der Waals surface area contributed by atoms with Crippen molar-refractivity contribution in [2.75, 3.05) is 38.0 Å². The Morgan fingerprint density at radius 3 is 2.41 bits per heavy atom. The maximum absolute atomic E-state index is 13.1. The summed E-state index contributed by atoms with van der Waals surface area (Å²) in [6.07, 6.45) is -0.0997. The molecule has 208 valence electrons. The van der Waals surface area contributed by atoms with Crippen LogP contribution in [0.3, 0.4) is 0 Å². The second-order valence-corrected chi connectivity index (χ2v) is 11.6. The first-order valence-corrected chi connectivity index (χ1v) is 13.2. The summed E-state index contributed by atoms with van der Waals surface area (Å²) in [6.45, 7) is 7.29. The molecule has 2 aromatic rings. The minimum absolute atomic E-state index is 0.0339. The van der Waals surface area contributed by atoms with Crippen LogP contribution in [0, 0.1) is 5.41 Å². The lowest BCUT2D eigenvalue weighted by Gasteiger charge is -2.31. The second kappa shape index (κ2) is 10.2. The molecule has 4 amide bonds. The summed E-state index contributed by atoms with van der Waals surface area (Å²) in [6, 6.07) is 1.34. The number of urea groups is 1. The van der Waals surface area contributed by atoms with E-state index in [-0.39, 0.29) is 46.5 Å². The number of pyridine rings is 1. The number of aromatic nitrogens is 2. The number of carbonyl (C=O) groups excluding carboxylic acids is 3. The predicted molar refractivity (Wildman–Crippen MR) is 142 cm³/mol. The van der Waals surface area contributed by atoms with Crippen LogP contribution in [-0.2, 0) is 29.1 Å². The molecule has 3 aliphatic rings. The monoisotopic (exact) mass is 578 g/mol. The van der Waals surface area contributed by atoms with Crippen molar-refractivity contribution >= 4 is 46.9 Å². The zero-order valence-corrected chi connectivity index (χ0v) is 23.2. The summed E-state index contributed by atoms with van der Waals surface area (Å²) in [5.74, 6) is 0.239. The van der Waals surface area contributed by atoms with Crippen LogP contribution in [0.15, 0.2) is 26.5 Å². The predicted octanol–water partition coefficient (Wildman–Crippen LogP) is 3.40. The highest BCUT2D eigenvalue weighted by atomic mass is 35.5. The molecule has 14 heteroatoms. The lowest BCUT2D eigenvalue weighted by Crippen LogP contribution is -2.46. The van der Waals surface area contributed by atoms with Crippen LogP contribution in [0.25, 0.3) is 0 Å². The van der Waals surface area contributed by atoms with Crippen molar-refractivity contribution in [1.82, 2.24) is 24.8 Å². The zero-order chi connectivity index (χ0) is 28.1. The van der Waals surface area contributed by atoms with Gasteiger partial charge in [0.15, 0.2) is 5.76 Å². The van der Waals surface area contributed by atoms with Crippen molar-refractivity contribution in [2.24, 2.45) is 5.41 Å². The van der Waals surface area contributed by atoms with Gasteiger partial charge >= 0.3 is 12.1 Å². The van der Waals surface area contributed by atoms with E-state index in [2.05, 4.69) is 15.5 Å². The van der Waals surface area contributed by atoms with E-state index in [0.29, 0.717) is 56.2 Å². The van der Waals surface area contributed by atoms with Crippen molar-refractivity contribution < 1.29 is 23.6 Å². The van der Waals surface area contributed by atoms with E-state index >= 15 is 0 Å². The van der Waals surface area contributed by atoms with Crippen LogP contribution in [0.5, 0.6) is 0 Å². The summed E-state index contributed by atoms with van der Waals surface area (Å²) in [7, 11) is 0. The molecule has 0 radical (unpaired) electrons.